The Morgan fingerprint density at radius 2 is 2.00 bits per heavy atom. The Kier molecular flexibility index (Phi) is 4.81. The second kappa shape index (κ2) is 5.72. The number of nitrogens with zero attached hydrogens (tertiary/aromatic N) is 1. The molecule has 1 aromatic rings. The van der Waals surface area contributed by atoms with Crippen LogP contribution < -0.4 is 16.2 Å². The Bertz CT molecular complexity index is 506. The highest BCUT2D eigenvalue weighted by atomic mass is 35.5. The number of aromatic nitrogens is 1. The summed E-state index contributed by atoms with van der Waals surface area (Å²) < 4.78 is 21.4. The van der Waals surface area contributed by atoms with Crippen LogP contribution in [0.4, 0.5) is 11.6 Å². The predicted octanol–water partition coefficient (Wildman–Crippen LogP) is 1.06. The number of anilines is 2. The quantitative estimate of drug-likeness (QED) is 0.704. The van der Waals surface area contributed by atoms with Crippen molar-refractivity contribution in [2.45, 2.75) is 6.42 Å². The lowest BCUT2D eigenvalue weighted by Crippen LogP contribution is -2.19. The average molecular weight is 299 g/mol. The van der Waals surface area contributed by atoms with Gasteiger partial charge in [0.05, 0.1) is 15.8 Å². The molecule has 6 nitrogen and oxygen atoms in total. The first-order valence-electron chi connectivity index (χ1n) is 4.65. The van der Waals surface area contributed by atoms with Crippen LogP contribution in [0.2, 0.25) is 10.0 Å². The first-order chi connectivity index (χ1) is 7.79. The van der Waals surface area contributed by atoms with Gasteiger partial charge in [-0.2, -0.15) is 0 Å². The van der Waals surface area contributed by atoms with Crippen molar-refractivity contribution in [2.75, 3.05) is 23.3 Å². The molecule has 5 N–H and O–H groups in total. The summed E-state index contributed by atoms with van der Waals surface area (Å²) in [6, 6.07) is 1.47. The van der Waals surface area contributed by atoms with Crippen LogP contribution in [0.25, 0.3) is 0 Å². The molecule has 0 amide bonds. The van der Waals surface area contributed by atoms with E-state index in [-0.39, 0.29) is 16.6 Å². The molecule has 0 saturated carbocycles. The third-order valence-corrected chi connectivity index (χ3v) is 3.30. The lowest BCUT2D eigenvalue weighted by molar-refractivity contribution is 0.595. The summed E-state index contributed by atoms with van der Waals surface area (Å²) in [5.41, 5.74) is 5.51. The monoisotopic (exact) mass is 298 g/mol. The molecule has 0 aliphatic rings. The number of hydrogen-bond acceptors (Lipinski definition) is 5. The van der Waals surface area contributed by atoms with Gasteiger partial charge in [0.25, 0.3) is 0 Å². The second-order valence-corrected chi connectivity index (χ2v) is 5.88. The van der Waals surface area contributed by atoms with E-state index >= 15 is 0 Å². The van der Waals surface area contributed by atoms with Crippen LogP contribution in [0.3, 0.4) is 0 Å². The fourth-order valence-corrected chi connectivity index (χ4v) is 2.06. The molecule has 9 heteroatoms. The Balaban J connectivity index is 2.55. The molecule has 96 valence electrons. The molecule has 0 spiro atoms. The van der Waals surface area contributed by atoms with Crippen LogP contribution in [0.5, 0.6) is 0 Å². The first kappa shape index (κ1) is 14.3. The number of nitrogens with two attached hydrogens (primary N) is 2. The van der Waals surface area contributed by atoms with Crippen molar-refractivity contribution >= 4 is 44.9 Å². The molecule has 0 fully saturated rings. The minimum absolute atomic E-state index is 0.110. The lowest BCUT2D eigenvalue weighted by atomic mass is 10.4. The van der Waals surface area contributed by atoms with Crippen LogP contribution in [-0.2, 0) is 10.0 Å². The Hall–Kier alpha value is -0.760. The van der Waals surface area contributed by atoms with E-state index in [1.54, 1.807) is 0 Å². The van der Waals surface area contributed by atoms with Gasteiger partial charge in [0.15, 0.2) is 0 Å². The van der Waals surface area contributed by atoms with E-state index in [2.05, 4.69) is 10.3 Å². The van der Waals surface area contributed by atoms with Gasteiger partial charge in [0, 0.05) is 6.54 Å². The van der Waals surface area contributed by atoms with Gasteiger partial charge in [-0.15, -0.1) is 0 Å². The Morgan fingerprint density at radius 1 is 1.35 bits per heavy atom. The summed E-state index contributed by atoms with van der Waals surface area (Å²) in [5.74, 6) is 0.411. The van der Waals surface area contributed by atoms with Crippen molar-refractivity contribution < 1.29 is 8.42 Å². The third-order valence-electron chi connectivity index (χ3n) is 1.85. The van der Waals surface area contributed by atoms with Gasteiger partial charge in [0.2, 0.25) is 10.0 Å². The molecule has 0 bridgehead atoms. The number of primary sulfonamides is 1. The number of sulfonamides is 1. The van der Waals surface area contributed by atoms with Crippen molar-refractivity contribution in [3.05, 3.63) is 16.1 Å². The van der Waals surface area contributed by atoms with Crippen LogP contribution >= 0.6 is 23.2 Å². The number of hydrogen-bond donors (Lipinski definition) is 3. The fourth-order valence-electron chi connectivity index (χ4n) is 1.08. The van der Waals surface area contributed by atoms with Crippen LogP contribution in [0, 0.1) is 0 Å². The number of halogens is 2. The van der Waals surface area contributed by atoms with Crippen LogP contribution in [0.1, 0.15) is 6.42 Å². The van der Waals surface area contributed by atoms with E-state index in [1.165, 1.54) is 6.07 Å². The maximum absolute atomic E-state index is 10.7. The largest absolute Gasteiger partial charge is 0.382 e. The standard InChI is InChI=1S/C8H12Cl2N4O2S/c9-5-4-6(10)8(14-7(5)11)13-2-1-3-17(12,15)16/h4H,1-3H2,(H3,11,13,14)(H2,12,15,16). The molecule has 0 saturated heterocycles. The van der Waals surface area contributed by atoms with Crippen LogP contribution in [0.15, 0.2) is 6.07 Å². The molecule has 0 aliphatic heterocycles. The predicted molar refractivity (Wildman–Crippen MR) is 69.8 cm³/mol. The molecule has 0 radical (unpaired) electrons. The Labute approximate surface area is 109 Å². The summed E-state index contributed by atoms with van der Waals surface area (Å²) >= 11 is 11.6. The van der Waals surface area contributed by atoms with Crippen LogP contribution in [-0.4, -0.2) is 25.7 Å². The van der Waals surface area contributed by atoms with Gasteiger partial charge in [-0.25, -0.2) is 18.5 Å². The smallest absolute Gasteiger partial charge is 0.209 e. The molecule has 0 aliphatic carbocycles. The van der Waals surface area contributed by atoms with Gasteiger partial charge in [0.1, 0.15) is 11.6 Å². The maximum Gasteiger partial charge on any atom is 0.209 e. The third kappa shape index (κ3) is 4.95. The van der Waals surface area contributed by atoms with E-state index < -0.39 is 10.0 Å². The number of nitrogen functional groups attached to an aromatic ring is 1. The van der Waals surface area contributed by atoms with E-state index in [4.69, 9.17) is 34.1 Å². The summed E-state index contributed by atoms with van der Waals surface area (Å²) in [5, 5.41) is 8.29. The van der Waals surface area contributed by atoms with Gasteiger partial charge in [-0.3, -0.25) is 0 Å². The van der Waals surface area contributed by atoms with E-state index in [0.717, 1.165) is 0 Å². The Morgan fingerprint density at radius 3 is 2.59 bits per heavy atom. The first-order valence-corrected chi connectivity index (χ1v) is 7.12. The van der Waals surface area contributed by atoms with Crippen molar-refractivity contribution in [1.82, 2.24) is 4.98 Å². The van der Waals surface area contributed by atoms with Gasteiger partial charge >= 0.3 is 0 Å². The molecule has 17 heavy (non-hydrogen) atoms. The number of nitrogens with one attached hydrogen (secondary N) is 1. The lowest BCUT2D eigenvalue weighted by Gasteiger charge is -2.08. The summed E-state index contributed by atoms with van der Waals surface area (Å²) in [6.07, 6.45) is 0.347. The zero-order valence-electron chi connectivity index (χ0n) is 8.78. The molecule has 0 aromatic carbocycles. The highest BCUT2D eigenvalue weighted by Crippen LogP contribution is 2.27. The molecule has 1 rings (SSSR count). The van der Waals surface area contributed by atoms with Gasteiger partial charge in [-0.1, -0.05) is 23.2 Å². The highest BCUT2D eigenvalue weighted by Gasteiger charge is 2.07. The van der Waals surface area contributed by atoms with E-state index in [9.17, 15) is 8.42 Å². The average Bonchev–Trinajstić information content (AvgIpc) is 2.18. The summed E-state index contributed by atoms with van der Waals surface area (Å²) in [4.78, 5) is 3.93. The normalized spacial score (nSPS) is 11.5. The van der Waals surface area contributed by atoms with Crippen molar-refractivity contribution in [1.29, 1.82) is 0 Å². The van der Waals surface area contributed by atoms with Gasteiger partial charge < -0.3 is 11.1 Å². The highest BCUT2D eigenvalue weighted by molar-refractivity contribution is 7.89. The van der Waals surface area contributed by atoms with E-state index in [0.29, 0.717) is 23.8 Å². The van der Waals surface area contributed by atoms with Crippen molar-refractivity contribution in [2.24, 2.45) is 5.14 Å². The minimum atomic E-state index is -3.44. The summed E-state index contributed by atoms with van der Waals surface area (Å²) in [6.45, 7) is 0.365. The van der Waals surface area contributed by atoms with E-state index in [1.807, 2.05) is 0 Å². The van der Waals surface area contributed by atoms with Crippen molar-refractivity contribution in [3.63, 3.8) is 0 Å². The molecule has 0 unspecified atom stereocenters. The topological polar surface area (TPSA) is 111 Å². The second-order valence-electron chi connectivity index (χ2n) is 3.33. The zero-order chi connectivity index (χ0) is 13.1. The number of pyridine rings is 1. The van der Waals surface area contributed by atoms with Crippen molar-refractivity contribution in [3.8, 4) is 0 Å². The molecular formula is C8H12Cl2N4O2S. The molecule has 0 atom stereocenters. The van der Waals surface area contributed by atoms with Gasteiger partial charge in [-0.05, 0) is 12.5 Å². The maximum atomic E-state index is 10.7. The zero-order valence-corrected chi connectivity index (χ0v) is 11.1. The molecule has 1 aromatic heterocycles. The minimum Gasteiger partial charge on any atom is -0.382 e. The molecular weight excluding hydrogens is 287 g/mol. The number of rotatable bonds is 5. The molecule has 1 heterocycles. The SMILES string of the molecule is Nc1nc(NCCCS(N)(=O)=O)c(Cl)cc1Cl. The summed E-state index contributed by atoms with van der Waals surface area (Å²) in [7, 11) is -3.44. The fraction of sp³-hybridized carbons (Fsp3) is 0.375.